The van der Waals surface area contributed by atoms with Crippen LogP contribution in [0.25, 0.3) is 0 Å². The summed E-state index contributed by atoms with van der Waals surface area (Å²) in [6.45, 7) is 5.77. The number of anilines is 2. The van der Waals surface area contributed by atoms with E-state index in [2.05, 4.69) is 34.1 Å². The highest BCUT2D eigenvalue weighted by Gasteiger charge is 2.14. The molecular weight excluding hydrogens is 218 g/mol. The predicted octanol–water partition coefficient (Wildman–Crippen LogP) is 1.01. The van der Waals surface area contributed by atoms with Crippen LogP contribution in [0.5, 0.6) is 0 Å². The monoisotopic (exact) mass is 239 g/mol. The molecule has 0 bridgehead atoms. The first kappa shape index (κ1) is 13.7. The lowest BCUT2D eigenvalue weighted by Crippen LogP contribution is -2.36. The Morgan fingerprint density at radius 2 is 2.29 bits per heavy atom. The van der Waals surface area contributed by atoms with Gasteiger partial charge in [-0.05, 0) is 13.3 Å². The Balaban J connectivity index is 2.86. The van der Waals surface area contributed by atoms with Crippen LogP contribution < -0.4 is 16.2 Å². The van der Waals surface area contributed by atoms with Crippen molar-refractivity contribution >= 4 is 11.6 Å². The molecule has 1 aromatic rings. The average molecular weight is 239 g/mol. The molecule has 0 radical (unpaired) electrons. The van der Waals surface area contributed by atoms with Gasteiger partial charge in [0.25, 0.3) is 0 Å². The number of aromatic nitrogens is 2. The molecule has 0 spiro atoms. The van der Waals surface area contributed by atoms with Gasteiger partial charge in [-0.15, -0.1) is 0 Å². The number of nitrogens with one attached hydrogen (secondary N) is 1. The van der Waals surface area contributed by atoms with Gasteiger partial charge in [0.2, 0.25) is 0 Å². The fourth-order valence-corrected chi connectivity index (χ4v) is 1.55. The number of nitrogens with zero attached hydrogens (tertiary/aromatic N) is 3. The average Bonchev–Trinajstić information content (AvgIpc) is 2.39. The summed E-state index contributed by atoms with van der Waals surface area (Å²) in [4.78, 5) is 10.5. The molecule has 1 rings (SSSR count). The number of ether oxygens (including phenoxy) is 1. The molecule has 1 unspecified atom stereocenters. The fraction of sp³-hybridized carbons (Fsp3) is 0.636. The molecule has 1 atom stereocenters. The van der Waals surface area contributed by atoms with E-state index in [1.807, 2.05) is 6.07 Å². The summed E-state index contributed by atoms with van der Waals surface area (Å²) in [6.07, 6.45) is 2.55. The molecule has 17 heavy (non-hydrogen) atoms. The second kappa shape index (κ2) is 7.03. The van der Waals surface area contributed by atoms with E-state index in [0.29, 0.717) is 18.5 Å². The largest absolute Gasteiger partial charge is 0.383 e. The van der Waals surface area contributed by atoms with Crippen molar-refractivity contribution in [3.05, 3.63) is 12.4 Å². The Bertz CT molecular complexity index is 333. The van der Waals surface area contributed by atoms with Crippen LogP contribution in [0.15, 0.2) is 12.4 Å². The molecule has 6 heteroatoms. The van der Waals surface area contributed by atoms with E-state index in [4.69, 9.17) is 10.6 Å². The molecular formula is C11H21N5O. The number of nitrogen functional groups attached to an aromatic ring is 1. The first-order valence-electron chi connectivity index (χ1n) is 5.77. The summed E-state index contributed by atoms with van der Waals surface area (Å²) in [5.41, 5.74) is 2.53. The second-order valence-electron chi connectivity index (χ2n) is 3.85. The van der Waals surface area contributed by atoms with Crippen LogP contribution in [-0.2, 0) is 4.74 Å². The van der Waals surface area contributed by atoms with Crippen LogP contribution in [0.2, 0.25) is 0 Å². The normalized spacial score (nSPS) is 12.2. The first-order chi connectivity index (χ1) is 8.22. The Morgan fingerprint density at radius 3 is 2.88 bits per heavy atom. The fourth-order valence-electron chi connectivity index (χ4n) is 1.55. The third-order valence-electron chi connectivity index (χ3n) is 2.75. The van der Waals surface area contributed by atoms with Gasteiger partial charge >= 0.3 is 0 Å². The molecule has 0 amide bonds. The van der Waals surface area contributed by atoms with Gasteiger partial charge in [0.1, 0.15) is 18.0 Å². The Kier molecular flexibility index (Phi) is 5.65. The van der Waals surface area contributed by atoms with Gasteiger partial charge in [-0.1, -0.05) is 6.92 Å². The van der Waals surface area contributed by atoms with Gasteiger partial charge in [-0.3, -0.25) is 0 Å². The van der Waals surface area contributed by atoms with Gasteiger partial charge in [-0.2, -0.15) is 0 Å². The zero-order valence-corrected chi connectivity index (χ0v) is 10.7. The topological polar surface area (TPSA) is 76.3 Å². The number of hydrazine groups is 1. The SMILES string of the molecule is CCC(C)N(CCOC)c1cc(NN)ncn1. The minimum Gasteiger partial charge on any atom is -0.383 e. The molecule has 0 aliphatic carbocycles. The Labute approximate surface area is 102 Å². The molecule has 0 saturated heterocycles. The summed E-state index contributed by atoms with van der Waals surface area (Å²) < 4.78 is 5.12. The van der Waals surface area contributed by atoms with Crippen molar-refractivity contribution in [2.24, 2.45) is 5.84 Å². The number of nitrogens with two attached hydrogens (primary N) is 1. The van der Waals surface area contributed by atoms with Crippen LogP contribution in [-0.4, -0.2) is 36.3 Å². The van der Waals surface area contributed by atoms with Crippen molar-refractivity contribution in [2.45, 2.75) is 26.3 Å². The van der Waals surface area contributed by atoms with Crippen LogP contribution in [0, 0.1) is 0 Å². The zero-order valence-electron chi connectivity index (χ0n) is 10.7. The lowest BCUT2D eigenvalue weighted by Gasteiger charge is -2.29. The highest BCUT2D eigenvalue weighted by Crippen LogP contribution is 2.17. The molecule has 1 heterocycles. The van der Waals surface area contributed by atoms with Crippen molar-refractivity contribution in [1.82, 2.24) is 9.97 Å². The number of rotatable bonds is 7. The lowest BCUT2D eigenvalue weighted by molar-refractivity contribution is 0.203. The third kappa shape index (κ3) is 3.83. The molecule has 0 aliphatic heterocycles. The van der Waals surface area contributed by atoms with E-state index in [9.17, 15) is 0 Å². The molecule has 0 fully saturated rings. The molecule has 1 aromatic heterocycles. The van der Waals surface area contributed by atoms with Crippen molar-refractivity contribution in [3.63, 3.8) is 0 Å². The van der Waals surface area contributed by atoms with Gasteiger partial charge in [0.05, 0.1) is 6.61 Å². The van der Waals surface area contributed by atoms with Crippen LogP contribution >= 0.6 is 0 Å². The molecule has 0 aliphatic rings. The number of hydrogen-bond acceptors (Lipinski definition) is 6. The van der Waals surface area contributed by atoms with Crippen molar-refractivity contribution < 1.29 is 4.74 Å². The predicted molar refractivity (Wildman–Crippen MR) is 68.8 cm³/mol. The maximum atomic E-state index is 5.34. The summed E-state index contributed by atoms with van der Waals surface area (Å²) >= 11 is 0. The third-order valence-corrected chi connectivity index (χ3v) is 2.75. The van der Waals surface area contributed by atoms with E-state index in [-0.39, 0.29) is 0 Å². The van der Waals surface area contributed by atoms with E-state index in [1.165, 1.54) is 6.33 Å². The number of methoxy groups -OCH3 is 1. The standard InChI is InChI=1S/C11H21N5O/c1-4-9(2)16(5-6-17-3)11-7-10(15-12)13-8-14-11/h7-9H,4-6,12H2,1-3H3,(H,13,14,15). The first-order valence-corrected chi connectivity index (χ1v) is 5.77. The zero-order chi connectivity index (χ0) is 12.7. The van der Waals surface area contributed by atoms with Crippen molar-refractivity contribution in [2.75, 3.05) is 30.6 Å². The van der Waals surface area contributed by atoms with Gasteiger partial charge in [0, 0.05) is 25.8 Å². The van der Waals surface area contributed by atoms with Crippen molar-refractivity contribution in [3.8, 4) is 0 Å². The highest BCUT2D eigenvalue weighted by molar-refractivity contribution is 5.48. The van der Waals surface area contributed by atoms with Crippen LogP contribution in [0.4, 0.5) is 11.6 Å². The highest BCUT2D eigenvalue weighted by atomic mass is 16.5. The van der Waals surface area contributed by atoms with E-state index in [0.717, 1.165) is 18.8 Å². The Morgan fingerprint density at radius 1 is 1.53 bits per heavy atom. The molecule has 0 aromatic carbocycles. The summed E-state index contributed by atoms with van der Waals surface area (Å²) in [5, 5.41) is 0. The van der Waals surface area contributed by atoms with Crippen molar-refractivity contribution in [1.29, 1.82) is 0 Å². The molecule has 0 saturated carbocycles. The van der Waals surface area contributed by atoms with E-state index >= 15 is 0 Å². The lowest BCUT2D eigenvalue weighted by atomic mass is 10.2. The van der Waals surface area contributed by atoms with Crippen LogP contribution in [0.3, 0.4) is 0 Å². The minimum absolute atomic E-state index is 0.394. The second-order valence-corrected chi connectivity index (χ2v) is 3.85. The van der Waals surface area contributed by atoms with Gasteiger partial charge in [0.15, 0.2) is 0 Å². The summed E-state index contributed by atoms with van der Waals surface area (Å²) in [6, 6.07) is 2.23. The van der Waals surface area contributed by atoms with Gasteiger partial charge in [-0.25, -0.2) is 15.8 Å². The molecule has 96 valence electrons. The quantitative estimate of drug-likeness (QED) is 0.546. The summed E-state index contributed by atoms with van der Waals surface area (Å²) in [5.74, 6) is 6.82. The number of hydrogen-bond donors (Lipinski definition) is 2. The minimum atomic E-state index is 0.394. The molecule has 3 N–H and O–H groups in total. The smallest absolute Gasteiger partial charge is 0.145 e. The summed E-state index contributed by atoms with van der Waals surface area (Å²) in [7, 11) is 1.70. The Hall–Kier alpha value is -1.40. The maximum Gasteiger partial charge on any atom is 0.145 e. The van der Waals surface area contributed by atoms with Crippen LogP contribution in [0.1, 0.15) is 20.3 Å². The van der Waals surface area contributed by atoms with Gasteiger partial charge < -0.3 is 15.1 Å². The molecule has 6 nitrogen and oxygen atoms in total. The van der Waals surface area contributed by atoms with E-state index in [1.54, 1.807) is 7.11 Å². The van der Waals surface area contributed by atoms with E-state index < -0.39 is 0 Å². The maximum absolute atomic E-state index is 5.34.